The largest absolute Gasteiger partial charge is 0.286 e. The van der Waals surface area contributed by atoms with Crippen molar-refractivity contribution in [3.8, 4) is 0 Å². The molecule has 1 aromatic rings. The van der Waals surface area contributed by atoms with Gasteiger partial charge in [-0.15, -0.1) is 0 Å². The summed E-state index contributed by atoms with van der Waals surface area (Å²) in [6, 6.07) is 8.54. The number of para-hydroxylation sites is 1. The van der Waals surface area contributed by atoms with Gasteiger partial charge >= 0.3 is 0 Å². The highest BCUT2D eigenvalue weighted by molar-refractivity contribution is 7.85. The van der Waals surface area contributed by atoms with Gasteiger partial charge in [0.1, 0.15) is 6.54 Å². The van der Waals surface area contributed by atoms with E-state index in [0.29, 0.717) is 6.42 Å². The number of hydrogen-bond acceptors (Lipinski definition) is 2. The third-order valence-corrected chi connectivity index (χ3v) is 7.04. The van der Waals surface area contributed by atoms with E-state index in [1.165, 1.54) is 22.5 Å². The van der Waals surface area contributed by atoms with Crippen LogP contribution in [-0.4, -0.2) is 35.6 Å². The van der Waals surface area contributed by atoms with Gasteiger partial charge in [-0.3, -0.25) is 4.55 Å². The van der Waals surface area contributed by atoms with Crippen molar-refractivity contribution >= 4 is 21.5 Å². The molecule has 0 saturated heterocycles. The summed E-state index contributed by atoms with van der Waals surface area (Å²) < 4.78 is 33.5. The van der Waals surface area contributed by atoms with Gasteiger partial charge in [-0.1, -0.05) is 67.2 Å². The molecule has 160 valence electrons. The van der Waals surface area contributed by atoms with Crippen LogP contribution in [0.3, 0.4) is 0 Å². The minimum atomic E-state index is -3.89. The molecule has 1 atom stereocenters. The third kappa shape index (κ3) is 5.46. The molecule has 1 aliphatic carbocycles. The average Bonchev–Trinajstić information content (AvgIpc) is 2.88. The van der Waals surface area contributed by atoms with Crippen LogP contribution >= 0.6 is 0 Å². The van der Waals surface area contributed by atoms with E-state index < -0.39 is 10.1 Å². The summed E-state index contributed by atoms with van der Waals surface area (Å²) in [4.78, 5) is 0. The van der Waals surface area contributed by atoms with E-state index in [1.807, 2.05) is 18.2 Å². The lowest BCUT2D eigenvalue weighted by Crippen LogP contribution is -2.30. The molecule has 0 bridgehead atoms. The molecule has 1 aromatic carbocycles. The summed E-state index contributed by atoms with van der Waals surface area (Å²) in [5.41, 5.74) is 5.11. The Kier molecular flexibility index (Phi) is 7.27. The zero-order chi connectivity index (χ0) is 21.6. The van der Waals surface area contributed by atoms with E-state index in [1.54, 1.807) is 0 Å². The number of rotatable bonds is 9. The van der Waals surface area contributed by atoms with Crippen molar-refractivity contribution < 1.29 is 17.5 Å². The molecule has 3 rings (SSSR count). The molecule has 2 aliphatic rings. The summed E-state index contributed by atoms with van der Waals surface area (Å²) in [6.45, 7) is 5.41. The van der Waals surface area contributed by atoms with E-state index in [-0.39, 0.29) is 11.2 Å². The van der Waals surface area contributed by atoms with Crippen LogP contribution in [0.1, 0.15) is 51.5 Å². The van der Waals surface area contributed by atoms with E-state index >= 15 is 0 Å². The summed E-state index contributed by atoms with van der Waals surface area (Å²) in [7, 11) is -3.89. The summed E-state index contributed by atoms with van der Waals surface area (Å²) in [6.07, 6.45) is 18.8. The molecule has 1 heterocycles. The van der Waals surface area contributed by atoms with Crippen LogP contribution in [0, 0.1) is 0 Å². The third-order valence-electron chi connectivity index (χ3n) is 6.23. The molecule has 0 radical (unpaired) electrons. The Balaban J connectivity index is 1.71. The van der Waals surface area contributed by atoms with Crippen LogP contribution < -0.4 is 0 Å². The van der Waals surface area contributed by atoms with Gasteiger partial charge < -0.3 is 0 Å². The molecule has 5 heteroatoms. The van der Waals surface area contributed by atoms with Crippen molar-refractivity contribution in [3.63, 3.8) is 0 Å². The quantitative estimate of drug-likeness (QED) is 0.322. The maximum atomic E-state index is 11.0. The zero-order valence-corrected chi connectivity index (χ0v) is 18.7. The van der Waals surface area contributed by atoms with Gasteiger partial charge in [0.25, 0.3) is 10.1 Å². The Morgan fingerprint density at radius 1 is 1.00 bits per heavy atom. The van der Waals surface area contributed by atoms with Gasteiger partial charge in [0.2, 0.25) is 5.69 Å². The normalized spacial score (nSPS) is 23.0. The van der Waals surface area contributed by atoms with Crippen LogP contribution in [0.5, 0.6) is 0 Å². The number of unbranched alkanes of at least 4 members (excludes halogenated alkanes) is 1. The number of hydrogen-bond donors (Lipinski definition) is 1. The molecule has 30 heavy (non-hydrogen) atoms. The zero-order valence-electron chi connectivity index (χ0n) is 17.9. The molecule has 1 aliphatic heterocycles. The topological polar surface area (TPSA) is 57.4 Å². The number of fused-ring (bicyclic) bond motifs is 1. The number of nitrogens with zero attached hydrogens (tertiary/aromatic N) is 1. The first-order valence-electron chi connectivity index (χ1n) is 10.7. The average molecular weight is 427 g/mol. The first-order valence-corrected chi connectivity index (χ1v) is 12.3. The SMILES string of the molecule is CC1=[N+](CCCC2=C/C=C\C=C/C=C2)c2ccccc2C1(C)CCCCS(=O)(=O)O. The van der Waals surface area contributed by atoms with Crippen LogP contribution in [0.15, 0.2) is 72.4 Å². The molecular weight excluding hydrogens is 394 g/mol. The monoisotopic (exact) mass is 426 g/mol. The molecule has 0 spiro atoms. The first-order chi connectivity index (χ1) is 14.3. The van der Waals surface area contributed by atoms with Crippen molar-refractivity contribution in [1.29, 1.82) is 0 Å². The summed E-state index contributed by atoms with van der Waals surface area (Å²) in [5, 5.41) is 0. The van der Waals surface area contributed by atoms with Crippen molar-refractivity contribution in [2.24, 2.45) is 0 Å². The van der Waals surface area contributed by atoms with Gasteiger partial charge in [-0.05, 0) is 31.8 Å². The minimum Gasteiger partial charge on any atom is -0.286 e. The predicted octanol–water partition coefficient (Wildman–Crippen LogP) is 5.51. The van der Waals surface area contributed by atoms with E-state index in [0.717, 1.165) is 32.2 Å². The predicted molar refractivity (Wildman–Crippen MR) is 124 cm³/mol. The smallest absolute Gasteiger partial charge is 0.264 e. The molecule has 0 fully saturated rings. The van der Waals surface area contributed by atoms with Gasteiger partial charge in [-0.25, -0.2) is 0 Å². The Morgan fingerprint density at radius 2 is 1.73 bits per heavy atom. The first kappa shape index (κ1) is 22.4. The minimum absolute atomic E-state index is 0.108. The molecule has 0 amide bonds. The highest BCUT2D eigenvalue weighted by atomic mass is 32.2. The van der Waals surface area contributed by atoms with Crippen LogP contribution in [0.4, 0.5) is 5.69 Å². The molecule has 1 unspecified atom stereocenters. The second-order valence-corrected chi connectivity index (χ2v) is 9.88. The molecule has 0 saturated carbocycles. The Labute approximate surface area is 180 Å². The Bertz CT molecular complexity index is 1030. The highest BCUT2D eigenvalue weighted by Gasteiger charge is 2.45. The van der Waals surface area contributed by atoms with Crippen LogP contribution in [0.2, 0.25) is 0 Å². The fourth-order valence-corrected chi connectivity index (χ4v) is 5.00. The van der Waals surface area contributed by atoms with Crippen molar-refractivity contribution in [2.75, 3.05) is 12.3 Å². The highest BCUT2D eigenvalue weighted by Crippen LogP contribution is 2.42. The van der Waals surface area contributed by atoms with Crippen LogP contribution in [0.25, 0.3) is 0 Å². The van der Waals surface area contributed by atoms with Gasteiger partial charge in [0.15, 0.2) is 5.71 Å². The van der Waals surface area contributed by atoms with Gasteiger partial charge in [0, 0.05) is 25.0 Å². The van der Waals surface area contributed by atoms with Crippen molar-refractivity contribution in [3.05, 3.63) is 77.9 Å². The van der Waals surface area contributed by atoms with E-state index in [4.69, 9.17) is 4.55 Å². The molecular formula is C25H32NO3S+. The Hall–Kier alpha value is -2.24. The number of benzene rings is 1. The summed E-state index contributed by atoms with van der Waals surface area (Å²) >= 11 is 0. The molecule has 0 aromatic heterocycles. The maximum absolute atomic E-state index is 11.0. The van der Waals surface area contributed by atoms with E-state index in [2.05, 4.69) is 67.0 Å². The van der Waals surface area contributed by atoms with Crippen LogP contribution in [-0.2, 0) is 15.5 Å². The lowest BCUT2D eigenvalue weighted by molar-refractivity contribution is -0.439. The fraction of sp³-hybridized carbons (Fsp3) is 0.400. The lowest BCUT2D eigenvalue weighted by Gasteiger charge is -2.22. The number of allylic oxidation sites excluding steroid dienone is 8. The standard InChI is InChI=1S/C25H31NO3S/c1-21-25(2,18-10-11-20-30(27,28)29)23-16-8-9-17-24(23)26(21)19-12-15-22-13-6-4-3-5-7-14-22/h3-9,13-14,16-17H,10-12,15,18-20H2,1-2H3/p+1/b4-3-,5-3?,6-4?,7-5-,13-6?,14-7?,22-13?,22-14?. The Morgan fingerprint density at radius 3 is 2.53 bits per heavy atom. The molecule has 1 N–H and O–H groups in total. The van der Waals surface area contributed by atoms with Gasteiger partial charge in [-0.2, -0.15) is 13.0 Å². The second kappa shape index (κ2) is 9.71. The summed E-state index contributed by atoms with van der Waals surface area (Å²) in [5.74, 6) is -0.167. The fourth-order valence-electron chi connectivity index (χ4n) is 4.43. The van der Waals surface area contributed by atoms with Crippen molar-refractivity contribution in [1.82, 2.24) is 0 Å². The lowest BCUT2D eigenvalue weighted by atomic mass is 9.76. The van der Waals surface area contributed by atoms with Crippen molar-refractivity contribution in [2.45, 2.75) is 51.4 Å². The van der Waals surface area contributed by atoms with Gasteiger partial charge in [0.05, 0.1) is 11.2 Å². The second-order valence-electron chi connectivity index (χ2n) is 8.30. The molecule has 4 nitrogen and oxygen atoms in total. The maximum Gasteiger partial charge on any atom is 0.264 e. The van der Waals surface area contributed by atoms with E-state index in [9.17, 15) is 8.42 Å².